The third-order valence-electron chi connectivity index (χ3n) is 3.19. The first-order valence-corrected chi connectivity index (χ1v) is 7.68. The van der Waals surface area contributed by atoms with Crippen molar-refractivity contribution in [1.82, 2.24) is 0 Å². The summed E-state index contributed by atoms with van der Waals surface area (Å²) in [5, 5.41) is 3.60. The van der Waals surface area contributed by atoms with Gasteiger partial charge in [-0.15, -0.1) is 11.3 Å². The van der Waals surface area contributed by atoms with Crippen molar-refractivity contribution in [2.45, 2.75) is 33.7 Å². The molecule has 3 heteroatoms. The summed E-state index contributed by atoms with van der Waals surface area (Å²) in [5.41, 5.74) is 3.85. The Bertz CT molecular complexity index is 560. The van der Waals surface area contributed by atoms with Gasteiger partial charge in [0.1, 0.15) is 0 Å². The molecule has 1 atom stereocenters. The first-order chi connectivity index (χ1) is 8.49. The van der Waals surface area contributed by atoms with Crippen LogP contribution in [0.3, 0.4) is 0 Å². The van der Waals surface area contributed by atoms with E-state index in [4.69, 9.17) is 0 Å². The number of benzene rings is 1. The number of thiophene rings is 1. The number of halogens is 1. The Kier molecular flexibility index (Phi) is 4.13. The number of anilines is 1. The maximum absolute atomic E-state index is 3.60. The Morgan fingerprint density at radius 1 is 1.22 bits per heavy atom. The van der Waals surface area contributed by atoms with E-state index in [1.54, 1.807) is 0 Å². The molecule has 1 nitrogen and oxygen atoms in total. The van der Waals surface area contributed by atoms with E-state index in [-0.39, 0.29) is 0 Å². The second-order valence-corrected chi connectivity index (χ2v) is 6.96. The largest absolute Gasteiger partial charge is 0.378 e. The lowest BCUT2D eigenvalue weighted by molar-refractivity contribution is 0.879. The van der Waals surface area contributed by atoms with Crippen LogP contribution < -0.4 is 5.32 Å². The summed E-state index contributed by atoms with van der Waals surface area (Å²) in [6.07, 6.45) is 0. The molecule has 1 aromatic carbocycles. The van der Waals surface area contributed by atoms with Crippen molar-refractivity contribution in [3.8, 4) is 0 Å². The number of aryl methyl sites for hydroxylation is 2. The molecule has 2 rings (SSSR count). The molecule has 0 spiro atoms. The molecule has 18 heavy (non-hydrogen) atoms. The van der Waals surface area contributed by atoms with Crippen LogP contribution in [0.5, 0.6) is 0 Å². The van der Waals surface area contributed by atoms with Crippen molar-refractivity contribution >= 4 is 33.0 Å². The molecule has 96 valence electrons. The smallest absolute Gasteiger partial charge is 0.0496 e. The van der Waals surface area contributed by atoms with Crippen LogP contribution in [0.1, 0.15) is 33.8 Å². The van der Waals surface area contributed by atoms with Gasteiger partial charge < -0.3 is 5.32 Å². The minimum atomic E-state index is 0.336. The predicted octanol–water partition coefficient (Wildman–Crippen LogP) is 5.61. The number of hydrogen-bond donors (Lipinski definition) is 1. The van der Waals surface area contributed by atoms with E-state index in [9.17, 15) is 0 Å². The van der Waals surface area contributed by atoms with Crippen molar-refractivity contribution < 1.29 is 0 Å². The van der Waals surface area contributed by atoms with Crippen LogP contribution in [-0.4, -0.2) is 0 Å². The molecular weight excluding hydrogens is 306 g/mol. The summed E-state index contributed by atoms with van der Waals surface area (Å²) in [4.78, 5) is 2.78. The lowest BCUT2D eigenvalue weighted by atomic mass is 10.1. The molecule has 0 aliphatic rings. The van der Waals surface area contributed by atoms with Crippen molar-refractivity contribution in [2.75, 3.05) is 5.32 Å². The fourth-order valence-corrected chi connectivity index (χ4v) is 3.54. The second-order valence-electron chi connectivity index (χ2n) is 4.65. The molecule has 1 heterocycles. The van der Waals surface area contributed by atoms with Gasteiger partial charge in [-0.3, -0.25) is 0 Å². The van der Waals surface area contributed by atoms with Crippen LogP contribution in [0.2, 0.25) is 0 Å². The number of nitrogens with one attached hydrogen (secondary N) is 1. The maximum Gasteiger partial charge on any atom is 0.0496 e. The fourth-order valence-electron chi connectivity index (χ4n) is 2.16. The summed E-state index contributed by atoms with van der Waals surface area (Å²) in [6, 6.07) is 8.89. The third kappa shape index (κ3) is 2.78. The van der Waals surface area contributed by atoms with Crippen molar-refractivity contribution in [3.05, 3.63) is 49.6 Å². The predicted molar refractivity (Wildman–Crippen MR) is 84.7 cm³/mol. The topological polar surface area (TPSA) is 12.0 Å². The first-order valence-electron chi connectivity index (χ1n) is 6.07. The van der Waals surface area contributed by atoms with Gasteiger partial charge in [0.05, 0.1) is 0 Å². The van der Waals surface area contributed by atoms with Crippen molar-refractivity contribution in [2.24, 2.45) is 0 Å². The Morgan fingerprint density at radius 3 is 2.56 bits per heavy atom. The molecule has 2 aromatic rings. The van der Waals surface area contributed by atoms with Gasteiger partial charge in [-0.1, -0.05) is 22.0 Å². The average molecular weight is 324 g/mol. The van der Waals surface area contributed by atoms with Gasteiger partial charge in [0.2, 0.25) is 0 Å². The fraction of sp³-hybridized carbons (Fsp3) is 0.333. The Balaban J connectivity index is 2.24. The van der Waals surface area contributed by atoms with E-state index in [1.165, 1.54) is 26.6 Å². The summed E-state index contributed by atoms with van der Waals surface area (Å²) in [5.74, 6) is 0. The Hall–Kier alpha value is -0.800. The zero-order valence-corrected chi connectivity index (χ0v) is 13.6. The standard InChI is InChI=1S/C15H18BrNS/c1-9-8-13(12(4)18-9)11(3)17-15-7-5-6-14(16)10(15)2/h5-8,11,17H,1-4H3. The summed E-state index contributed by atoms with van der Waals surface area (Å²) >= 11 is 5.44. The first kappa shape index (κ1) is 13.6. The van der Waals surface area contributed by atoms with E-state index in [1.807, 2.05) is 11.3 Å². The average Bonchev–Trinajstić information content (AvgIpc) is 2.64. The molecule has 0 fully saturated rings. The van der Waals surface area contributed by atoms with E-state index in [2.05, 4.69) is 73.2 Å². The van der Waals surface area contributed by atoms with Gasteiger partial charge >= 0.3 is 0 Å². The monoisotopic (exact) mass is 323 g/mol. The van der Waals surface area contributed by atoms with Crippen LogP contribution in [0.4, 0.5) is 5.69 Å². The molecule has 0 aliphatic carbocycles. The zero-order chi connectivity index (χ0) is 13.3. The molecule has 0 aliphatic heterocycles. The number of hydrogen-bond acceptors (Lipinski definition) is 2. The van der Waals surface area contributed by atoms with E-state index >= 15 is 0 Å². The van der Waals surface area contributed by atoms with E-state index in [0.29, 0.717) is 6.04 Å². The van der Waals surface area contributed by atoms with E-state index in [0.717, 1.165) is 4.47 Å². The molecule has 0 saturated carbocycles. The second kappa shape index (κ2) is 5.45. The summed E-state index contributed by atoms with van der Waals surface area (Å²) in [7, 11) is 0. The maximum atomic E-state index is 3.60. The van der Waals surface area contributed by atoms with Crippen LogP contribution in [0.25, 0.3) is 0 Å². The van der Waals surface area contributed by atoms with Gasteiger partial charge in [0.15, 0.2) is 0 Å². The highest BCUT2D eigenvalue weighted by atomic mass is 79.9. The quantitative estimate of drug-likeness (QED) is 0.774. The minimum absolute atomic E-state index is 0.336. The van der Waals surface area contributed by atoms with Crippen molar-refractivity contribution in [3.63, 3.8) is 0 Å². The van der Waals surface area contributed by atoms with Crippen LogP contribution in [-0.2, 0) is 0 Å². The van der Waals surface area contributed by atoms with E-state index < -0.39 is 0 Å². The molecule has 0 saturated heterocycles. The highest BCUT2D eigenvalue weighted by molar-refractivity contribution is 9.10. The van der Waals surface area contributed by atoms with Gasteiger partial charge in [0.25, 0.3) is 0 Å². The SMILES string of the molecule is Cc1cc(C(C)Nc2cccc(Br)c2C)c(C)s1. The summed E-state index contributed by atoms with van der Waals surface area (Å²) in [6.45, 7) is 8.71. The van der Waals surface area contributed by atoms with Gasteiger partial charge in [-0.2, -0.15) is 0 Å². The van der Waals surface area contributed by atoms with Crippen LogP contribution >= 0.6 is 27.3 Å². The van der Waals surface area contributed by atoms with Crippen LogP contribution in [0, 0.1) is 20.8 Å². The minimum Gasteiger partial charge on any atom is -0.378 e. The molecular formula is C15H18BrNS. The normalized spacial score (nSPS) is 12.5. The van der Waals surface area contributed by atoms with Crippen LogP contribution in [0.15, 0.2) is 28.7 Å². The Morgan fingerprint density at radius 2 is 1.94 bits per heavy atom. The lowest BCUT2D eigenvalue weighted by Crippen LogP contribution is -2.07. The number of rotatable bonds is 3. The molecule has 0 radical (unpaired) electrons. The van der Waals surface area contributed by atoms with Gasteiger partial charge in [0, 0.05) is 26.0 Å². The molecule has 0 bridgehead atoms. The molecule has 1 aromatic heterocycles. The highest BCUT2D eigenvalue weighted by Gasteiger charge is 2.12. The summed E-state index contributed by atoms with van der Waals surface area (Å²) < 4.78 is 1.15. The molecule has 1 unspecified atom stereocenters. The van der Waals surface area contributed by atoms with Gasteiger partial charge in [-0.05, 0) is 57.0 Å². The van der Waals surface area contributed by atoms with Crippen molar-refractivity contribution in [1.29, 1.82) is 0 Å². The third-order valence-corrected chi connectivity index (χ3v) is 5.03. The lowest BCUT2D eigenvalue weighted by Gasteiger charge is -2.17. The Labute approximate surface area is 121 Å². The molecule has 0 amide bonds. The highest BCUT2D eigenvalue weighted by Crippen LogP contribution is 2.31. The zero-order valence-electron chi connectivity index (χ0n) is 11.2. The van der Waals surface area contributed by atoms with Gasteiger partial charge in [-0.25, -0.2) is 0 Å². The molecule has 1 N–H and O–H groups in total.